The third-order valence-electron chi connectivity index (χ3n) is 11.0. The summed E-state index contributed by atoms with van der Waals surface area (Å²) in [6.45, 7) is 14.7. The first kappa shape index (κ1) is 39.3. The molecule has 0 unspecified atom stereocenters. The number of esters is 1. The minimum atomic E-state index is -0.422. The Morgan fingerprint density at radius 1 is 0.643 bits per heavy atom. The highest BCUT2D eigenvalue weighted by molar-refractivity contribution is 7.19. The molecule has 3 nitrogen and oxygen atoms in total. The number of thiophene rings is 2. The van der Waals surface area contributed by atoms with Crippen molar-refractivity contribution >= 4 is 28.6 Å². The van der Waals surface area contributed by atoms with E-state index >= 15 is 0 Å². The first-order valence-corrected chi connectivity index (χ1v) is 21.7. The predicted molar refractivity (Wildman–Crippen MR) is 239 cm³/mol. The van der Waals surface area contributed by atoms with Crippen LogP contribution in [0.4, 0.5) is 0 Å². The summed E-state index contributed by atoms with van der Waals surface area (Å²) in [6, 6.07) is 40.9. The molecule has 1 aliphatic carbocycles. The summed E-state index contributed by atoms with van der Waals surface area (Å²) >= 11 is 3.74. The number of unbranched alkanes of at least 4 members (excludes halogenated alkanes) is 2. The Labute approximate surface area is 341 Å². The van der Waals surface area contributed by atoms with E-state index in [1.165, 1.54) is 69.6 Å². The molecule has 1 aliphatic rings. The molecule has 5 heteroatoms. The number of benzene rings is 4. The summed E-state index contributed by atoms with van der Waals surface area (Å²) in [7, 11) is 0. The second-order valence-electron chi connectivity index (χ2n) is 14.9. The van der Waals surface area contributed by atoms with Crippen LogP contribution in [0.25, 0.3) is 52.9 Å². The maximum atomic E-state index is 12.0. The summed E-state index contributed by atoms with van der Waals surface area (Å²) in [6.07, 6.45) is 10.2. The number of rotatable bonds is 18. The molecule has 7 rings (SSSR count). The highest BCUT2D eigenvalue weighted by Crippen LogP contribution is 2.56. The Balaban J connectivity index is 1.04. The standard InChI is InChI=1S/C51H52O3S2/c1-6-30-51(31-7-2)44-33-38(48-28-26-46(55-48)36-16-14-35(5)15-17-36)20-24-42(44)43-25-21-39(34-45(43)51)49-29-27-47(56-49)37-18-22-41(23-19-37)53-32-12-10-11-13-50(52)54-40(8-3)9-4/h8-9,14-29,33-34,40H,3-4,6-7,10-13,30-32H2,1-2,5H3. The second kappa shape index (κ2) is 17.9. The topological polar surface area (TPSA) is 35.5 Å². The zero-order valence-electron chi connectivity index (χ0n) is 32.9. The van der Waals surface area contributed by atoms with Crippen LogP contribution in [0.2, 0.25) is 0 Å². The van der Waals surface area contributed by atoms with E-state index in [2.05, 4.69) is 143 Å². The number of hydrogen-bond acceptors (Lipinski definition) is 5. The third-order valence-corrected chi connectivity index (χ3v) is 13.4. The Hall–Kier alpha value is -4.97. The smallest absolute Gasteiger partial charge is 0.306 e. The third kappa shape index (κ3) is 8.40. The van der Waals surface area contributed by atoms with E-state index in [1.54, 1.807) is 12.2 Å². The molecule has 0 spiro atoms. The maximum absolute atomic E-state index is 12.0. The molecule has 0 fully saturated rings. The van der Waals surface area contributed by atoms with Crippen molar-refractivity contribution in [2.24, 2.45) is 0 Å². The summed E-state index contributed by atoms with van der Waals surface area (Å²) < 4.78 is 11.3. The van der Waals surface area contributed by atoms with Crippen molar-refractivity contribution in [2.45, 2.75) is 83.7 Å². The van der Waals surface area contributed by atoms with Gasteiger partial charge in [-0.25, -0.2) is 0 Å². The van der Waals surface area contributed by atoms with Crippen LogP contribution in [0, 0.1) is 6.92 Å². The second-order valence-corrected chi connectivity index (χ2v) is 17.1. The first-order valence-electron chi connectivity index (χ1n) is 20.1. The van der Waals surface area contributed by atoms with Crippen LogP contribution < -0.4 is 4.74 Å². The molecule has 0 bridgehead atoms. The van der Waals surface area contributed by atoms with Crippen LogP contribution >= 0.6 is 22.7 Å². The fourth-order valence-electron chi connectivity index (χ4n) is 8.19. The lowest BCUT2D eigenvalue weighted by atomic mass is 9.71. The number of aryl methyl sites for hydroxylation is 1. The number of fused-ring (bicyclic) bond motifs is 3. The molecular formula is C51H52O3S2. The Kier molecular flexibility index (Phi) is 12.5. The molecule has 0 saturated heterocycles. The van der Waals surface area contributed by atoms with Crippen molar-refractivity contribution in [2.75, 3.05) is 6.61 Å². The number of carbonyl (C=O) groups excluding carboxylic acids is 1. The van der Waals surface area contributed by atoms with Crippen LogP contribution in [0.15, 0.2) is 135 Å². The summed E-state index contributed by atoms with van der Waals surface area (Å²) in [4.78, 5) is 17.1. The van der Waals surface area contributed by atoms with Crippen molar-refractivity contribution in [3.63, 3.8) is 0 Å². The Bertz CT molecular complexity index is 2270. The zero-order valence-corrected chi connectivity index (χ0v) is 34.6. The van der Waals surface area contributed by atoms with Gasteiger partial charge in [-0.15, -0.1) is 22.7 Å². The molecule has 0 N–H and O–H groups in total. The van der Waals surface area contributed by atoms with Crippen LogP contribution in [-0.2, 0) is 14.9 Å². The summed E-state index contributed by atoms with van der Waals surface area (Å²) in [5.74, 6) is 0.641. The van der Waals surface area contributed by atoms with E-state index in [-0.39, 0.29) is 11.4 Å². The summed E-state index contributed by atoms with van der Waals surface area (Å²) in [5.41, 5.74) is 12.1. The molecule has 56 heavy (non-hydrogen) atoms. The molecule has 0 aliphatic heterocycles. The van der Waals surface area contributed by atoms with E-state index < -0.39 is 6.10 Å². The largest absolute Gasteiger partial charge is 0.494 e. The number of hydrogen-bond donors (Lipinski definition) is 0. The molecule has 6 aromatic rings. The van der Waals surface area contributed by atoms with E-state index in [4.69, 9.17) is 9.47 Å². The van der Waals surface area contributed by atoms with Gasteiger partial charge in [0.15, 0.2) is 0 Å². The lowest BCUT2D eigenvalue weighted by Gasteiger charge is -2.32. The van der Waals surface area contributed by atoms with Crippen molar-refractivity contribution < 1.29 is 14.3 Å². The van der Waals surface area contributed by atoms with Gasteiger partial charge in [0.25, 0.3) is 0 Å². The fraction of sp³-hybridized carbons (Fsp3) is 0.275. The van der Waals surface area contributed by atoms with Crippen molar-refractivity contribution in [1.29, 1.82) is 0 Å². The molecule has 0 amide bonds. The van der Waals surface area contributed by atoms with Gasteiger partial charge in [0, 0.05) is 31.3 Å². The normalized spacial score (nSPS) is 12.6. The fourth-order valence-corrected chi connectivity index (χ4v) is 10.2. The lowest BCUT2D eigenvalue weighted by molar-refractivity contribution is -0.145. The molecule has 286 valence electrons. The zero-order chi connectivity index (χ0) is 39.1. The van der Waals surface area contributed by atoms with Gasteiger partial charge in [-0.05, 0) is 156 Å². The Morgan fingerprint density at radius 3 is 1.62 bits per heavy atom. The molecule has 0 saturated carbocycles. The maximum Gasteiger partial charge on any atom is 0.306 e. The van der Waals surface area contributed by atoms with Crippen LogP contribution in [0.1, 0.15) is 81.9 Å². The lowest BCUT2D eigenvalue weighted by Crippen LogP contribution is -2.25. The van der Waals surface area contributed by atoms with Crippen molar-refractivity contribution in [3.05, 3.63) is 151 Å². The molecular weight excluding hydrogens is 725 g/mol. The quantitative estimate of drug-likeness (QED) is 0.0495. The van der Waals surface area contributed by atoms with Gasteiger partial charge >= 0.3 is 5.97 Å². The molecule has 0 atom stereocenters. The minimum absolute atomic E-state index is 0.000531. The highest BCUT2D eigenvalue weighted by Gasteiger charge is 2.42. The van der Waals surface area contributed by atoms with Crippen molar-refractivity contribution in [1.82, 2.24) is 0 Å². The molecule has 4 aromatic carbocycles. The van der Waals surface area contributed by atoms with Crippen LogP contribution in [0.3, 0.4) is 0 Å². The number of carbonyl (C=O) groups is 1. The van der Waals surface area contributed by atoms with Gasteiger partial charge < -0.3 is 9.47 Å². The van der Waals surface area contributed by atoms with E-state index in [1.807, 2.05) is 22.7 Å². The van der Waals surface area contributed by atoms with E-state index in [9.17, 15) is 4.79 Å². The molecule has 2 heterocycles. The monoisotopic (exact) mass is 776 g/mol. The van der Waals surface area contributed by atoms with Gasteiger partial charge in [0.05, 0.1) is 6.61 Å². The summed E-state index contributed by atoms with van der Waals surface area (Å²) in [5, 5.41) is 0. The van der Waals surface area contributed by atoms with Gasteiger partial charge in [-0.2, -0.15) is 0 Å². The van der Waals surface area contributed by atoms with Crippen LogP contribution in [-0.4, -0.2) is 18.7 Å². The van der Waals surface area contributed by atoms with Crippen molar-refractivity contribution in [3.8, 4) is 58.6 Å². The Morgan fingerprint density at radius 2 is 1.12 bits per heavy atom. The SMILES string of the molecule is C=CC(C=C)OC(=O)CCCCCOc1ccc(-c2ccc(-c3ccc4c(c3)C(CCC)(CCC)c3cc(-c5ccc(-c6ccc(C)cc6)s5)ccc3-4)s2)cc1. The predicted octanol–water partition coefficient (Wildman–Crippen LogP) is 14.9. The van der Waals surface area contributed by atoms with Gasteiger partial charge in [0.2, 0.25) is 0 Å². The highest BCUT2D eigenvalue weighted by atomic mass is 32.1. The first-order chi connectivity index (χ1) is 27.3. The average molecular weight is 777 g/mol. The van der Waals surface area contributed by atoms with Gasteiger partial charge in [-0.3, -0.25) is 4.79 Å². The van der Waals surface area contributed by atoms with Gasteiger partial charge in [-0.1, -0.05) is 93.9 Å². The molecule has 2 aromatic heterocycles. The average Bonchev–Trinajstić information content (AvgIpc) is 3.98. The number of ether oxygens (including phenoxy) is 2. The minimum Gasteiger partial charge on any atom is -0.494 e. The van der Waals surface area contributed by atoms with E-state index in [0.29, 0.717) is 13.0 Å². The van der Waals surface area contributed by atoms with Crippen LogP contribution in [0.5, 0.6) is 5.75 Å². The van der Waals surface area contributed by atoms with Gasteiger partial charge in [0.1, 0.15) is 11.9 Å². The van der Waals surface area contributed by atoms with E-state index in [0.717, 1.165) is 50.7 Å². The molecule has 0 radical (unpaired) electrons.